The molecule has 0 amide bonds. The van der Waals surface area contributed by atoms with Gasteiger partial charge in [0.05, 0.1) is 0 Å². The van der Waals surface area contributed by atoms with Crippen LogP contribution in [0.5, 0.6) is 0 Å². The maximum atomic E-state index is 12.5. The Hall–Kier alpha value is -1.80. The minimum absolute atomic E-state index is 0. The molecule has 0 fully saturated rings. The molecule has 0 unspecified atom stereocenters. The first-order chi connectivity index (χ1) is 10.9. The molecule has 134 valence electrons. The van der Waals surface area contributed by atoms with E-state index >= 15 is 0 Å². The van der Waals surface area contributed by atoms with Crippen molar-refractivity contribution in [3.63, 3.8) is 0 Å². The van der Waals surface area contributed by atoms with Gasteiger partial charge in [-0.25, -0.2) is 4.79 Å². The lowest BCUT2D eigenvalue weighted by molar-refractivity contribution is 0.397. The molecule has 0 N–H and O–H groups in total. The van der Waals surface area contributed by atoms with E-state index < -0.39 is 0 Å². The van der Waals surface area contributed by atoms with Crippen molar-refractivity contribution >= 4 is 29.5 Å². The smallest absolute Gasteiger partial charge is 0.332 e. The topological polar surface area (TPSA) is 68.3 Å². The number of nitrogens with zero attached hydrogens (tertiary/aromatic N) is 6. The Morgan fingerprint density at radius 1 is 1.12 bits per heavy atom. The Morgan fingerprint density at radius 3 is 2.50 bits per heavy atom. The molecule has 0 saturated heterocycles. The molecule has 1 aliphatic rings. The van der Waals surface area contributed by atoms with Crippen LogP contribution < -0.4 is 16.1 Å². The standard InChI is InChI=1S/C15H24N6O2.ClH/c1-17(2)7-5-8-20-9-6-10-21-11-12(16-14(20)21)18(3)15(23)19(4)13(11)22;/h5-10H2,1-4H3;1H. The molecule has 1 aliphatic heterocycles. The molecule has 0 aliphatic carbocycles. The number of aryl methyl sites for hydroxylation is 2. The van der Waals surface area contributed by atoms with Gasteiger partial charge >= 0.3 is 5.69 Å². The maximum absolute atomic E-state index is 12.5. The Kier molecular flexibility index (Phi) is 5.39. The second kappa shape index (κ2) is 6.98. The fourth-order valence-corrected chi connectivity index (χ4v) is 3.20. The van der Waals surface area contributed by atoms with Gasteiger partial charge in [-0.2, -0.15) is 4.98 Å². The van der Waals surface area contributed by atoms with Crippen LogP contribution in [-0.4, -0.2) is 57.3 Å². The molecule has 0 radical (unpaired) electrons. The van der Waals surface area contributed by atoms with Crippen LogP contribution in [0.4, 0.5) is 5.95 Å². The van der Waals surface area contributed by atoms with Gasteiger partial charge < -0.3 is 14.4 Å². The van der Waals surface area contributed by atoms with Crippen LogP contribution in [0.3, 0.4) is 0 Å². The second-order valence-electron chi connectivity index (χ2n) is 6.44. The van der Waals surface area contributed by atoms with Gasteiger partial charge in [0.2, 0.25) is 5.95 Å². The van der Waals surface area contributed by atoms with Gasteiger partial charge in [-0.05, 0) is 33.5 Å². The molecule has 0 atom stereocenters. The van der Waals surface area contributed by atoms with Gasteiger partial charge in [0, 0.05) is 33.7 Å². The molecular weight excluding hydrogens is 332 g/mol. The molecule has 3 heterocycles. The van der Waals surface area contributed by atoms with Crippen molar-refractivity contribution in [1.29, 1.82) is 0 Å². The monoisotopic (exact) mass is 356 g/mol. The summed E-state index contributed by atoms with van der Waals surface area (Å²) in [6.45, 7) is 3.61. The van der Waals surface area contributed by atoms with E-state index in [9.17, 15) is 9.59 Å². The van der Waals surface area contributed by atoms with Crippen LogP contribution >= 0.6 is 12.4 Å². The zero-order valence-corrected chi connectivity index (χ0v) is 15.5. The van der Waals surface area contributed by atoms with E-state index in [0.717, 1.165) is 49.5 Å². The number of fused-ring (bicyclic) bond motifs is 3. The molecule has 2 aromatic heterocycles. The van der Waals surface area contributed by atoms with Gasteiger partial charge in [0.25, 0.3) is 5.56 Å². The largest absolute Gasteiger partial charge is 0.342 e. The number of hydrogen-bond donors (Lipinski definition) is 0. The van der Waals surface area contributed by atoms with Gasteiger partial charge in [0.15, 0.2) is 11.2 Å². The summed E-state index contributed by atoms with van der Waals surface area (Å²) in [6, 6.07) is 0. The highest BCUT2D eigenvalue weighted by Gasteiger charge is 2.25. The lowest BCUT2D eigenvalue weighted by Crippen LogP contribution is -2.38. The van der Waals surface area contributed by atoms with Crippen LogP contribution in [0.25, 0.3) is 11.2 Å². The minimum Gasteiger partial charge on any atom is -0.342 e. The number of hydrogen-bond acceptors (Lipinski definition) is 5. The fraction of sp³-hybridized carbons (Fsp3) is 0.667. The summed E-state index contributed by atoms with van der Waals surface area (Å²) >= 11 is 0. The van der Waals surface area contributed by atoms with Crippen molar-refractivity contribution in [2.24, 2.45) is 14.1 Å². The highest BCUT2D eigenvalue weighted by atomic mass is 35.5. The van der Waals surface area contributed by atoms with Gasteiger partial charge in [-0.1, -0.05) is 0 Å². The molecule has 0 aromatic carbocycles. The van der Waals surface area contributed by atoms with E-state index in [1.165, 1.54) is 11.6 Å². The predicted octanol–water partition coefficient (Wildman–Crippen LogP) is 0.0173. The van der Waals surface area contributed by atoms with Crippen LogP contribution in [0.1, 0.15) is 12.8 Å². The molecule has 24 heavy (non-hydrogen) atoms. The van der Waals surface area contributed by atoms with Crippen molar-refractivity contribution in [2.75, 3.05) is 38.6 Å². The molecule has 0 saturated carbocycles. The summed E-state index contributed by atoms with van der Waals surface area (Å²) in [4.78, 5) is 33.6. The summed E-state index contributed by atoms with van der Waals surface area (Å²) in [7, 11) is 7.30. The maximum Gasteiger partial charge on any atom is 0.332 e. The van der Waals surface area contributed by atoms with E-state index in [2.05, 4.69) is 28.9 Å². The Morgan fingerprint density at radius 2 is 1.83 bits per heavy atom. The Balaban J connectivity index is 0.00000208. The summed E-state index contributed by atoms with van der Waals surface area (Å²) in [5.41, 5.74) is 0.406. The molecule has 0 spiro atoms. The first-order valence-electron chi connectivity index (χ1n) is 7.97. The van der Waals surface area contributed by atoms with E-state index in [1.54, 1.807) is 7.05 Å². The third-order valence-electron chi connectivity index (χ3n) is 4.45. The van der Waals surface area contributed by atoms with E-state index in [0.29, 0.717) is 11.2 Å². The van der Waals surface area contributed by atoms with Crippen molar-refractivity contribution in [1.82, 2.24) is 23.6 Å². The predicted molar refractivity (Wildman–Crippen MR) is 97.5 cm³/mol. The molecule has 8 nitrogen and oxygen atoms in total. The van der Waals surface area contributed by atoms with Crippen molar-refractivity contribution in [3.8, 4) is 0 Å². The normalized spacial score (nSPS) is 14.1. The zero-order chi connectivity index (χ0) is 16.7. The average molecular weight is 357 g/mol. The van der Waals surface area contributed by atoms with Gasteiger partial charge in [0.1, 0.15) is 0 Å². The highest BCUT2D eigenvalue weighted by molar-refractivity contribution is 5.85. The first-order valence-corrected chi connectivity index (χ1v) is 7.97. The lowest BCUT2D eigenvalue weighted by Gasteiger charge is -2.29. The van der Waals surface area contributed by atoms with E-state index in [-0.39, 0.29) is 23.7 Å². The zero-order valence-electron chi connectivity index (χ0n) is 14.7. The molecule has 3 rings (SSSR count). The van der Waals surface area contributed by atoms with Crippen molar-refractivity contribution in [2.45, 2.75) is 19.4 Å². The highest BCUT2D eigenvalue weighted by Crippen LogP contribution is 2.24. The third-order valence-corrected chi connectivity index (χ3v) is 4.45. The minimum atomic E-state index is -0.336. The molecule has 9 heteroatoms. The van der Waals surface area contributed by atoms with Crippen LogP contribution in [-0.2, 0) is 20.6 Å². The van der Waals surface area contributed by atoms with Crippen LogP contribution in [0.2, 0.25) is 0 Å². The van der Waals surface area contributed by atoms with Crippen molar-refractivity contribution in [3.05, 3.63) is 20.8 Å². The Bertz CT molecular complexity index is 850. The number of anilines is 1. The van der Waals surface area contributed by atoms with Crippen LogP contribution in [0, 0.1) is 0 Å². The SMILES string of the molecule is CN(C)CCCN1CCCn2c1nc1c2c(=O)n(C)c(=O)n1C.Cl. The summed E-state index contributed by atoms with van der Waals surface area (Å²) in [5.74, 6) is 0.809. The van der Waals surface area contributed by atoms with E-state index in [1.807, 2.05) is 4.57 Å². The van der Waals surface area contributed by atoms with Gasteiger partial charge in [-0.15, -0.1) is 12.4 Å². The molecule has 2 aromatic rings. The third kappa shape index (κ3) is 2.95. The molecular formula is C15H25ClN6O2. The lowest BCUT2D eigenvalue weighted by atomic mass is 10.3. The first kappa shape index (κ1) is 18.5. The number of halogens is 1. The Labute approximate surface area is 146 Å². The second-order valence-corrected chi connectivity index (χ2v) is 6.44. The van der Waals surface area contributed by atoms with Crippen LogP contribution in [0.15, 0.2) is 9.59 Å². The summed E-state index contributed by atoms with van der Waals surface area (Å²) in [6.07, 6.45) is 2.01. The van der Waals surface area contributed by atoms with Crippen molar-refractivity contribution < 1.29 is 0 Å². The number of imidazole rings is 1. The summed E-state index contributed by atoms with van der Waals surface area (Å²) < 4.78 is 4.58. The molecule has 0 bridgehead atoms. The fourth-order valence-electron chi connectivity index (χ4n) is 3.20. The van der Waals surface area contributed by atoms with Gasteiger partial charge in [-0.3, -0.25) is 13.9 Å². The average Bonchev–Trinajstić information content (AvgIpc) is 2.91. The quantitative estimate of drug-likeness (QED) is 0.772. The van der Waals surface area contributed by atoms with E-state index in [4.69, 9.17) is 0 Å². The number of rotatable bonds is 4. The summed E-state index contributed by atoms with van der Waals surface area (Å²) in [5, 5.41) is 0. The number of aromatic nitrogens is 4.